The monoisotopic (exact) mass is 228 g/mol. The Labute approximate surface area is 96.2 Å². The number of carbonyl (C=O) groups is 1. The number of epoxide rings is 1. The zero-order chi connectivity index (χ0) is 12.4. The SMILES string of the molecule is COC(C)(C)/C=C/C[C@@H](C)[C@@]1(C(=O)O)CO1. The third-order valence-electron chi connectivity index (χ3n) is 3.15. The smallest absolute Gasteiger partial charge is 0.338 e. The van der Waals surface area contributed by atoms with Gasteiger partial charge < -0.3 is 14.6 Å². The molecule has 0 spiro atoms. The Morgan fingerprint density at radius 1 is 1.69 bits per heavy atom. The van der Waals surface area contributed by atoms with Crippen molar-refractivity contribution >= 4 is 5.97 Å². The average Bonchev–Trinajstić information content (AvgIpc) is 2.98. The van der Waals surface area contributed by atoms with Gasteiger partial charge in [-0.15, -0.1) is 0 Å². The molecule has 0 bridgehead atoms. The number of ether oxygens (including phenoxy) is 2. The number of hydrogen-bond donors (Lipinski definition) is 1. The number of hydrogen-bond acceptors (Lipinski definition) is 3. The standard InChI is InChI=1S/C12H20O4/c1-9(12(8-16-12)10(13)14)6-5-7-11(2,3)15-4/h5,7,9H,6,8H2,1-4H3,(H,13,14)/b7-5+/t9-,12-/m1/s1. The molecule has 0 aromatic carbocycles. The molecule has 4 heteroatoms. The Morgan fingerprint density at radius 2 is 2.25 bits per heavy atom. The molecule has 0 unspecified atom stereocenters. The Balaban J connectivity index is 2.48. The topological polar surface area (TPSA) is 59.1 Å². The second kappa shape index (κ2) is 4.55. The van der Waals surface area contributed by atoms with E-state index >= 15 is 0 Å². The highest BCUT2D eigenvalue weighted by Crippen LogP contribution is 2.37. The van der Waals surface area contributed by atoms with Crippen molar-refractivity contribution in [2.75, 3.05) is 13.7 Å². The molecule has 92 valence electrons. The van der Waals surface area contributed by atoms with Crippen molar-refractivity contribution in [1.29, 1.82) is 0 Å². The predicted octanol–water partition coefficient (Wildman–Crippen LogP) is 1.85. The first-order valence-corrected chi connectivity index (χ1v) is 5.44. The van der Waals surface area contributed by atoms with Crippen molar-refractivity contribution < 1.29 is 19.4 Å². The van der Waals surface area contributed by atoms with Crippen LogP contribution >= 0.6 is 0 Å². The van der Waals surface area contributed by atoms with Crippen LogP contribution in [0.2, 0.25) is 0 Å². The summed E-state index contributed by atoms with van der Waals surface area (Å²) in [7, 11) is 1.65. The van der Waals surface area contributed by atoms with Crippen molar-refractivity contribution in [2.45, 2.75) is 38.4 Å². The molecular weight excluding hydrogens is 208 g/mol. The first-order chi connectivity index (χ1) is 7.34. The molecule has 1 saturated heterocycles. The second-order valence-electron chi connectivity index (χ2n) is 4.83. The number of allylic oxidation sites excluding steroid dienone is 1. The molecule has 0 aromatic rings. The van der Waals surface area contributed by atoms with Gasteiger partial charge in [0.25, 0.3) is 0 Å². The van der Waals surface area contributed by atoms with Gasteiger partial charge in [0.1, 0.15) is 0 Å². The summed E-state index contributed by atoms with van der Waals surface area (Å²) in [5.74, 6) is -0.881. The predicted molar refractivity (Wildman–Crippen MR) is 60.3 cm³/mol. The van der Waals surface area contributed by atoms with Crippen molar-refractivity contribution in [3.05, 3.63) is 12.2 Å². The highest BCUT2D eigenvalue weighted by atomic mass is 16.6. The second-order valence-corrected chi connectivity index (χ2v) is 4.83. The fourth-order valence-electron chi connectivity index (χ4n) is 1.51. The van der Waals surface area contributed by atoms with Gasteiger partial charge in [0.2, 0.25) is 0 Å². The largest absolute Gasteiger partial charge is 0.479 e. The lowest BCUT2D eigenvalue weighted by atomic mass is 9.91. The van der Waals surface area contributed by atoms with E-state index in [1.165, 1.54) is 0 Å². The van der Waals surface area contributed by atoms with Crippen molar-refractivity contribution in [3.63, 3.8) is 0 Å². The number of methoxy groups -OCH3 is 1. The van der Waals surface area contributed by atoms with E-state index in [2.05, 4.69) is 0 Å². The maximum absolute atomic E-state index is 11.0. The summed E-state index contributed by atoms with van der Waals surface area (Å²) in [6.45, 7) is 6.12. The molecule has 0 aliphatic carbocycles. The first-order valence-electron chi connectivity index (χ1n) is 5.44. The number of aliphatic carboxylic acids is 1. The van der Waals surface area contributed by atoms with E-state index in [-0.39, 0.29) is 11.5 Å². The normalized spacial score (nSPS) is 27.0. The summed E-state index contributed by atoms with van der Waals surface area (Å²) in [6, 6.07) is 0. The molecular formula is C12H20O4. The van der Waals surface area contributed by atoms with Crippen molar-refractivity contribution in [3.8, 4) is 0 Å². The molecule has 0 saturated carbocycles. The molecule has 0 aromatic heterocycles. The molecule has 1 N–H and O–H groups in total. The summed E-state index contributed by atoms with van der Waals surface area (Å²) in [6.07, 6.45) is 4.58. The van der Waals surface area contributed by atoms with Gasteiger partial charge in [-0.1, -0.05) is 19.1 Å². The van der Waals surface area contributed by atoms with E-state index in [0.29, 0.717) is 13.0 Å². The lowest BCUT2D eigenvalue weighted by Crippen LogP contribution is -2.31. The molecule has 1 aliphatic heterocycles. The van der Waals surface area contributed by atoms with Crippen LogP contribution in [-0.2, 0) is 14.3 Å². The molecule has 4 nitrogen and oxygen atoms in total. The molecule has 0 radical (unpaired) electrons. The van der Waals surface area contributed by atoms with Crippen molar-refractivity contribution in [2.24, 2.45) is 5.92 Å². The Hall–Kier alpha value is -0.870. The van der Waals surface area contributed by atoms with E-state index < -0.39 is 11.6 Å². The number of carboxylic acid groups (broad SMARTS) is 1. The van der Waals surface area contributed by atoms with Crippen LogP contribution in [0.5, 0.6) is 0 Å². The minimum Gasteiger partial charge on any atom is -0.479 e. The summed E-state index contributed by atoms with van der Waals surface area (Å²) in [5.41, 5.74) is -1.25. The number of carboxylic acids is 1. The molecule has 1 rings (SSSR count). The van der Waals surface area contributed by atoms with Crippen LogP contribution in [0.25, 0.3) is 0 Å². The van der Waals surface area contributed by atoms with Gasteiger partial charge in [-0.3, -0.25) is 0 Å². The first kappa shape index (κ1) is 13.2. The Bertz CT molecular complexity index is 289. The summed E-state index contributed by atoms with van der Waals surface area (Å²) in [4.78, 5) is 11.0. The third kappa shape index (κ3) is 2.83. The molecule has 16 heavy (non-hydrogen) atoms. The minimum atomic E-state index is -0.943. The Kier molecular flexibility index (Phi) is 3.76. The van der Waals surface area contributed by atoms with Gasteiger partial charge >= 0.3 is 5.97 Å². The fraction of sp³-hybridized carbons (Fsp3) is 0.750. The zero-order valence-electron chi connectivity index (χ0n) is 10.3. The quantitative estimate of drug-likeness (QED) is 0.556. The molecule has 2 atom stereocenters. The maximum atomic E-state index is 11.0. The van der Waals surface area contributed by atoms with Crippen LogP contribution in [0, 0.1) is 5.92 Å². The van der Waals surface area contributed by atoms with Crippen LogP contribution in [0.15, 0.2) is 12.2 Å². The van der Waals surface area contributed by atoms with Gasteiger partial charge in [-0.2, -0.15) is 0 Å². The van der Waals surface area contributed by atoms with Gasteiger partial charge in [0, 0.05) is 13.0 Å². The minimum absolute atomic E-state index is 0.0195. The average molecular weight is 228 g/mol. The lowest BCUT2D eigenvalue weighted by Gasteiger charge is -2.19. The highest BCUT2D eigenvalue weighted by molar-refractivity contribution is 5.80. The van der Waals surface area contributed by atoms with Gasteiger partial charge in [-0.05, 0) is 20.3 Å². The van der Waals surface area contributed by atoms with E-state index in [4.69, 9.17) is 14.6 Å². The molecule has 1 heterocycles. The lowest BCUT2D eigenvalue weighted by molar-refractivity contribution is -0.145. The molecule has 0 amide bonds. The van der Waals surface area contributed by atoms with E-state index in [1.807, 2.05) is 32.9 Å². The summed E-state index contributed by atoms with van der Waals surface area (Å²) < 4.78 is 10.3. The van der Waals surface area contributed by atoms with Crippen LogP contribution in [-0.4, -0.2) is 36.0 Å². The van der Waals surface area contributed by atoms with Gasteiger partial charge in [0.15, 0.2) is 5.60 Å². The maximum Gasteiger partial charge on any atom is 0.338 e. The fourth-order valence-corrected chi connectivity index (χ4v) is 1.51. The van der Waals surface area contributed by atoms with E-state index in [1.54, 1.807) is 7.11 Å². The molecule has 1 fully saturated rings. The third-order valence-corrected chi connectivity index (χ3v) is 3.15. The summed E-state index contributed by atoms with van der Waals surface area (Å²) in [5, 5.41) is 9.01. The van der Waals surface area contributed by atoms with E-state index in [9.17, 15) is 4.79 Å². The highest BCUT2D eigenvalue weighted by Gasteiger charge is 2.56. The van der Waals surface area contributed by atoms with E-state index in [0.717, 1.165) is 0 Å². The van der Waals surface area contributed by atoms with Crippen LogP contribution < -0.4 is 0 Å². The van der Waals surface area contributed by atoms with Gasteiger partial charge in [-0.25, -0.2) is 4.79 Å². The van der Waals surface area contributed by atoms with Crippen LogP contribution in [0.1, 0.15) is 27.2 Å². The van der Waals surface area contributed by atoms with Gasteiger partial charge in [0.05, 0.1) is 12.2 Å². The Morgan fingerprint density at radius 3 is 2.62 bits per heavy atom. The molecule has 1 aliphatic rings. The van der Waals surface area contributed by atoms with Crippen LogP contribution in [0.3, 0.4) is 0 Å². The zero-order valence-corrected chi connectivity index (χ0v) is 10.3. The van der Waals surface area contributed by atoms with Crippen LogP contribution in [0.4, 0.5) is 0 Å². The van der Waals surface area contributed by atoms with Crippen molar-refractivity contribution in [1.82, 2.24) is 0 Å². The summed E-state index contributed by atoms with van der Waals surface area (Å²) >= 11 is 0. The number of rotatable bonds is 6.